The summed E-state index contributed by atoms with van der Waals surface area (Å²) in [5, 5.41) is 10.8. The van der Waals surface area contributed by atoms with Gasteiger partial charge in [0.25, 0.3) is 0 Å². The van der Waals surface area contributed by atoms with Crippen molar-refractivity contribution in [3.05, 3.63) is 76.7 Å². The van der Waals surface area contributed by atoms with Crippen LogP contribution in [0.15, 0.2) is 53.7 Å². The fourth-order valence-electron chi connectivity index (χ4n) is 3.10. The lowest BCUT2D eigenvalue weighted by Crippen LogP contribution is -2.37. The van der Waals surface area contributed by atoms with Crippen LogP contribution in [0.25, 0.3) is 5.82 Å². The Kier molecular flexibility index (Phi) is 6.94. The number of guanidine groups is 1. The zero-order valence-electron chi connectivity index (χ0n) is 17.7. The number of nitrogens with zero attached hydrogens (tertiary/aromatic N) is 4. The summed E-state index contributed by atoms with van der Waals surface area (Å²) in [5.41, 5.74) is 3.12. The molecule has 3 rings (SSSR count). The number of aliphatic imine (C=N–C) groups is 1. The Morgan fingerprint density at radius 2 is 1.74 bits per heavy atom. The summed E-state index contributed by atoms with van der Waals surface area (Å²) >= 11 is 0. The first-order valence-corrected chi connectivity index (χ1v) is 9.85. The van der Waals surface area contributed by atoms with Crippen LogP contribution >= 0.6 is 0 Å². The minimum atomic E-state index is -4.31. The number of aromatic nitrogens is 3. The van der Waals surface area contributed by atoms with Crippen LogP contribution in [0, 0.1) is 13.8 Å². The van der Waals surface area contributed by atoms with Crippen LogP contribution in [0.4, 0.5) is 13.2 Å². The van der Waals surface area contributed by atoms with Gasteiger partial charge in [0.2, 0.25) is 0 Å². The molecule has 6 nitrogen and oxygen atoms in total. The highest BCUT2D eigenvalue weighted by molar-refractivity contribution is 5.79. The highest BCUT2D eigenvalue weighted by Crippen LogP contribution is 2.29. The molecule has 0 aliphatic carbocycles. The molecule has 2 aromatic heterocycles. The van der Waals surface area contributed by atoms with Gasteiger partial charge in [-0.1, -0.05) is 18.2 Å². The Morgan fingerprint density at radius 1 is 1.03 bits per heavy atom. The highest BCUT2D eigenvalue weighted by atomic mass is 19.4. The van der Waals surface area contributed by atoms with E-state index in [2.05, 4.69) is 25.7 Å². The van der Waals surface area contributed by atoms with E-state index >= 15 is 0 Å². The van der Waals surface area contributed by atoms with E-state index in [9.17, 15) is 13.2 Å². The van der Waals surface area contributed by atoms with Gasteiger partial charge < -0.3 is 10.6 Å². The monoisotopic (exact) mass is 430 g/mol. The summed E-state index contributed by atoms with van der Waals surface area (Å²) in [6, 6.07) is 11.1. The number of hydrogen-bond donors (Lipinski definition) is 2. The Balaban J connectivity index is 1.48. The van der Waals surface area contributed by atoms with E-state index in [1.165, 1.54) is 12.1 Å². The van der Waals surface area contributed by atoms with Crippen LogP contribution in [0.5, 0.6) is 0 Å². The number of aryl methyl sites for hydroxylation is 2. The SMILES string of the molecule is CN=C(NCCc1ccc(C(F)(F)F)cc1)NCc1ccc(-n2nc(C)cc2C)nc1. The molecule has 0 saturated heterocycles. The number of rotatable bonds is 6. The van der Waals surface area contributed by atoms with Gasteiger partial charge in [0, 0.05) is 32.0 Å². The maximum Gasteiger partial charge on any atom is 0.416 e. The quantitative estimate of drug-likeness (QED) is 0.461. The van der Waals surface area contributed by atoms with Crippen molar-refractivity contribution in [3.63, 3.8) is 0 Å². The first-order chi connectivity index (χ1) is 14.8. The van der Waals surface area contributed by atoms with Crippen molar-refractivity contribution in [1.82, 2.24) is 25.4 Å². The fourth-order valence-corrected chi connectivity index (χ4v) is 3.10. The van der Waals surface area contributed by atoms with E-state index in [-0.39, 0.29) is 0 Å². The highest BCUT2D eigenvalue weighted by Gasteiger charge is 2.29. The lowest BCUT2D eigenvalue weighted by atomic mass is 10.1. The molecule has 2 N–H and O–H groups in total. The molecule has 0 atom stereocenters. The molecule has 164 valence electrons. The van der Waals surface area contributed by atoms with Crippen molar-refractivity contribution in [2.45, 2.75) is 33.0 Å². The first kappa shape index (κ1) is 22.3. The maximum absolute atomic E-state index is 12.6. The molecule has 0 aliphatic heterocycles. The third-order valence-electron chi connectivity index (χ3n) is 4.71. The van der Waals surface area contributed by atoms with Crippen LogP contribution in [0.1, 0.15) is 28.1 Å². The molecule has 2 heterocycles. The first-order valence-electron chi connectivity index (χ1n) is 9.85. The van der Waals surface area contributed by atoms with Crippen LogP contribution < -0.4 is 10.6 Å². The predicted octanol–water partition coefficient (Wildman–Crippen LogP) is 3.81. The van der Waals surface area contributed by atoms with Crippen LogP contribution in [-0.2, 0) is 19.1 Å². The molecule has 0 spiro atoms. The van der Waals surface area contributed by atoms with E-state index in [4.69, 9.17) is 0 Å². The number of pyridine rings is 1. The van der Waals surface area contributed by atoms with Gasteiger partial charge in [-0.3, -0.25) is 4.99 Å². The minimum Gasteiger partial charge on any atom is -0.356 e. The summed E-state index contributed by atoms with van der Waals surface area (Å²) < 4.78 is 39.7. The largest absolute Gasteiger partial charge is 0.416 e. The Labute approximate surface area is 179 Å². The Bertz CT molecular complexity index is 1020. The van der Waals surface area contributed by atoms with E-state index in [1.807, 2.05) is 32.0 Å². The number of halogens is 3. The Hall–Kier alpha value is -3.36. The summed E-state index contributed by atoms with van der Waals surface area (Å²) in [4.78, 5) is 8.64. The molecule has 0 fully saturated rings. The zero-order chi connectivity index (χ0) is 22.4. The molecule has 0 unspecified atom stereocenters. The molecular weight excluding hydrogens is 405 g/mol. The third kappa shape index (κ3) is 6.07. The second-order valence-corrected chi connectivity index (χ2v) is 7.16. The van der Waals surface area contributed by atoms with Gasteiger partial charge in [0.05, 0.1) is 11.3 Å². The molecule has 0 amide bonds. The van der Waals surface area contributed by atoms with E-state index < -0.39 is 11.7 Å². The van der Waals surface area contributed by atoms with Crippen LogP contribution in [-0.4, -0.2) is 34.3 Å². The molecule has 0 bridgehead atoms. The summed E-state index contributed by atoms with van der Waals surface area (Å²) in [7, 11) is 1.66. The summed E-state index contributed by atoms with van der Waals surface area (Å²) in [6.07, 6.45) is -1.95. The van der Waals surface area contributed by atoms with Crippen LogP contribution in [0.2, 0.25) is 0 Å². The molecule has 0 saturated carbocycles. The van der Waals surface area contributed by atoms with Crippen molar-refractivity contribution in [2.24, 2.45) is 4.99 Å². The minimum absolute atomic E-state index is 0.532. The number of alkyl halides is 3. The maximum atomic E-state index is 12.6. The average molecular weight is 430 g/mol. The standard InChI is InChI=1S/C22H25F3N6/c1-15-12-16(2)31(30-15)20-9-6-18(13-28-20)14-29-21(26-3)27-11-10-17-4-7-19(8-5-17)22(23,24)25/h4-9,12-13H,10-11,14H2,1-3H3,(H2,26,27,29). The van der Waals surface area contributed by atoms with E-state index in [0.29, 0.717) is 25.5 Å². The number of nitrogens with one attached hydrogen (secondary N) is 2. The van der Waals surface area contributed by atoms with E-state index in [1.54, 1.807) is 17.9 Å². The molecule has 1 aromatic carbocycles. The molecule has 0 aliphatic rings. The summed E-state index contributed by atoms with van der Waals surface area (Å²) in [6.45, 7) is 5.00. The normalized spacial score (nSPS) is 12.1. The second kappa shape index (κ2) is 9.63. The van der Waals surface area contributed by atoms with Gasteiger partial charge in [-0.05, 0) is 55.7 Å². The van der Waals surface area contributed by atoms with Gasteiger partial charge >= 0.3 is 6.18 Å². The third-order valence-corrected chi connectivity index (χ3v) is 4.71. The molecule has 31 heavy (non-hydrogen) atoms. The van der Waals surface area contributed by atoms with Gasteiger partial charge in [0.15, 0.2) is 11.8 Å². The van der Waals surface area contributed by atoms with Gasteiger partial charge in [0.1, 0.15) is 0 Å². The van der Waals surface area contributed by atoms with E-state index in [0.717, 1.165) is 40.5 Å². The summed E-state index contributed by atoms with van der Waals surface area (Å²) in [5.74, 6) is 1.36. The smallest absolute Gasteiger partial charge is 0.356 e. The average Bonchev–Trinajstić information content (AvgIpc) is 3.08. The topological polar surface area (TPSA) is 67.1 Å². The second-order valence-electron chi connectivity index (χ2n) is 7.16. The van der Waals surface area contributed by atoms with Crippen molar-refractivity contribution in [2.75, 3.05) is 13.6 Å². The lowest BCUT2D eigenvalue weighted by Gasteiger charge is -2.13. The number of hydrogen-bond acceptors (Lipinski definition) is 3. The molecule has 3 aromatic rings. The van der Waals surface area contributed by atoms with Gasteiger partial charge in [-0.15, -0.1) is 0 Å². The van der Waals surface area contributed by atoms with Gasteiger partial charge in [-0.2, -0.15) is 18.3 Å². The zero-order valence-corrected chi connectivity index (χ0v) is 17.7. The van der Waals surface area contributed by atoms with Crippen LogP contribution in [0.3, 0.4) is 0 Å². The van der Waals surface area contributed by atoms with Gasteiger partial charge in [-0.25, -0.2) is 9.67 Å². The Morgan fingerprint density at radius 3 is 2.29 bits per heavy atom. The molecule has 9 heteroatoms. The van der Waals surface area contributed by atoms with Crippen molar-refractivity contribution in [3.8, 4) is 5.82 Å². The van der Waals surface area contributed by atoms with Crippen molar-refractivity contribution >= 4 is 5.96 Å². The fraction of sp³-hybridized carbons (Fsp3) is 0.318. The molecule has 0 radical (unpaired) electrons. The van der Waals surface area contributed by atoms with Crippen molar-refractivity contribution < 1.29 is 13.2 Å². The predicted molar refractivity (Wildman–Crippen MR) is 114 cm³/mol. The number of benzene rings is 1. The lowest BCUT2D eigenvalue weighted by molar-refractivity contribution is -0.137. The van der Waals surface area contributed by atoms with Crippen molar-refractivity contribution in [1.29, 1.82) is 0 Å². The molecular formula is C22H25F3N6.